The van der Waals surface area contributed by atoms with Gasteiger partial charge in [0.15, 0.2) is 5.78 Å². The molecule has 5 N–H and O–H groups in total. The maximum Gasteiger partial charge on any atom is 0.347 e. The molecule has 0 radical (unpaired) electrons. The molecule has 0 aliphatic heterocycles. The van der Waals surface area contributed by atoms with Crippen LogP contribution in [-0.2, 0) is 4.79 Å². The van der Waals surface area contributed by atoms with E-state index in [1.807, 2.05) is 20.1 Å². The molecule has 2 aromatic rings. The maximum atomic E-state index is 13.3. The molecule has 0 saturated carbocycles. The number of Topliss-reactive ketones (excluding diaryl/α,β-unsaturated/α-hetero) is 1. The molecule has 1 aromatic carbocycles. The van der Waals surface area contributed by atoms with Crippen LogP contribution in [-0.4, -0.2) is 35.8 Å². The molecule has 0 bridgehead atoms. The third-order valence-corrected chi connectivity index (χ3v) is 5.39. The Labute approximate surface area is 174 Å². The first kappa shape index (κ1) is 23.0. The Morgan fingerprint density at radius 3 is 2.59 bits per heavy atom. The molecule has 158 valence electrons. The van der Waals surface area contributed by atoms with E-state index in [9.17, 15) is 14.4 Å². The average Bonchev–Trinajstić information content (AvgIpc) is 2.64. The Morgan fingerprint density at radius 1 is 1.28 bits per heavy atom. The number of ketones is 1. The van der Waals surface area contributed by atoms with E-state index in [-0.39, 0.29) is 11.5 Å². The number of carbonyl (C=O) groups excluding carboxylic acids is 2. The number of nitrogen functional groups attached to an aromatic ring is 1. The van der Waals surface area contributed by atoms with Crippen LogP contribution in [0.1, 0.15) is 42.6 Å². The topological polar surface area (TPSA) is 128 Å². The van der Waals surface area contributed by atoms with E-state index in [1.165, 1.54) is 0 Å². The number of amides is 1. The highest BCUT2D eigenvalue weighted by atomic mass is 32.2. The van der Waals surface area contributed by atoms with Crippen molar-refractivity contribution in [2.45, 2.75) is 45.7 Å². The minimum atomic E-state index is -0.851. The van der Waals surface area contributed by atoms with Crippen LogP contribution in [0.4, 0.5) is 5.69 Å². The molecule has 2 atom stereocenters. The highest BCUT2D eigenvalue weighted by Gasteiger charge is 2.29. The van der Waals surface area contributed by atoms with Gasteiger partial charge in [0.1, 0.15) is 11.1 Å². The number of carbonyl (C=O) groups is 2. The van der Waals surface area contributed by atoms with Crippen molar-refractivity contribution in [3.05, 3.63) is 39.7 Å². The first-order valence-electron chi connectivity index (χ1n) is 9.57. The molecular formula is C21H29N3O4S. The molecule has 1 aromatic heterocycles. The molecule has 8 heteroatoms. The fraction of sp³-hybridized carbons (Fsp3) is 0.476. The Bertz CT molecular complexity index is 955. The molecule has 2 rings (SSSR count). The normalized spacial score (nSPS) is 13.4. The molecule has 0 aliphatic carbocycles. The lowest BCUT2D eigenvalue weighted by Crippen LogP contribution is -2.49. The fourth-order valence-electron chi connectivity index (χ4n) is 3.19. The molecule has 0 aliphatic rings. The van der Waals surface area contributed by atoms with Crippen LogP contribution in [0.5, 0.6) is 0 Å². The zero-order valence-electron chi connectivity index (χ0n) is 17.3. The van der Waals surface area contributed by atoms with Crippen LogP contribution in [0.15, 0.2) is 27.4 Å². The van der Waals surface area contributed by atoms with Crippen molar-refractivity contribution in [1.29, 1.82) is 0 Å². The number of anilines is 1. The van der Waals surface area contributed by atoms with Gasteiger partial charge in [0.05, 0.1) is 12.1 Å². The van der Waals surface area contributed by atoms with E-state index in [2.05, 4.69) is 5.32 Å². The van der Waals surface area contributed by atoms with Gasteiger partial charge >= 0.3 is 5.63 Å². The summed E-state index contributed by atoms with van der Waals surface area (Å²) in [5.74, 6) is 0.00969. The Hall–Kier alpha value is -2.32. The van der Waals surface area contributed by atoms with Gasteiger partial charge in [0, 0.05) is 17.1 Å². The van der Waals surface area contributed by atoms with E-state index in [4.69, 9.17) is 15.9 Å². The fourth-order valence-corrected chi connectivity index (χ4v) is 3.68. The van der Waals surface area contributed by atoms with Gasteiger partial charge in [0.25, 0.3) is 0 Å². The largest absolute Gasteiger partial charge is 0.422 e. The molecule has 1 amide bonds. The minimum Gasteiger partial charge on any atom is -0.422 e. The lowest BCUT2D eigenvalue weighted by Gasteiger charge is -2.22. The standard InChI is InChI=1S/C21H29N3O4S/c1-11(2)9-16(24-20(26)15(23)7-8-29-4)19(25)18-12(3)14-6-5-13(22)10-17(14)28-21(18)27/h5-6,10-11,15-16H,7-9,22-23H2,1-4H3,(H,24,26)/t15-,16-/m0/s1. The summed E-state index contributed by atoms with van der Waals surface area (Å²) in [6, 6.07) is 3.39. The highest BCUT2D eigenvalue weighted by molar-refractivity contribution is 7.98. The van der Waals surface area contributed by atoms with Gasteiger partial charge in [-0.25, -0.2) is 4.79 Å². The minimum absolute atomic E-state index is 0.0501. The summed E-state index contributed by atoms with van der Waals surface area (Å²) in [6.07, 6.45) is 2.83. The monoisotopic (exact) mass is 419 g/mol. The lowest BCUT2D eigenvalue weighted by molar-refractivity contribution is -0.122. The predicted octanol–water partition coefficient (Wildman–Crippen LogP) is 2.48. The molecule has 0 fully saturated rings. The smallest absolute Gasteiger partial charge is 0.347 e. The van der Waals surface area contributed by atoms with Crippen LogP contribution >= 0.6 is 11.8 Å². The lowest BCUT2D eigenvalue weighted by atomic mass is 9.93. The first-order chi connectivity index (χ1) is 13.6. The Morgan fingerprint density at radius 2 is 1.97 bits per heavy atom. The second-order valence-electron chi connectivity index (χ2n) is 7.59. The van der Waals surface area contributed by atoms with Crippen molar-refractivity contribution in [2.24, 2.45) is 11.7 Å². The van der Waals surface area contributed by atoms with Crippen LogP contribution in [0.25, 0.3) is 11.0 Å². The van der Waals surface area contributed by atoms with Crippen LogP contribution in [0, 0.1) is 12.8 Å². The molecule has 0 spiro atoms. The van der Waals surface area contributed by atoms with Gasteiger partial charge in [-0.1, -0.05) is 13.8 Å². The van der Waals surface area contributed by atoms with Crippen molar-refractivity contribution in [1.82, 2.24) is 5.32 Å². The van der Waals surface area contributed by atoms with Crippen LogP contribution < -0.4 is 22.4 Å². The van der Waals surface area contributed by atoms with Gasteiger partial charge in [0.2, 0.25) is 5.91 Å². The van der Waals surface area contributed by atoms with E-state index in [1.54, 1.807) is 36.9 Å². The van der Waals surface area contributed by atoms with Crippen molar-refractivity contribution in [3.8, 4) is 0 Å². The number of hydrogen-bond donors (Lipinski definition) is 3. The number of fused-ring (bicyclic) bond motifs is 1. The number of rotatable bonds is 9. The van der Waals surface area contributed by atoms with E-state index < -0.39 is 29.4 Å². The first-order valence-corrected chi connectivity index (χ1v) is 11.0. The molecule has 7 nitrogen and oxygen atoms in total. The molecular weight excluding hydrogens is 390 g/mol. The van der Waals surface area contributed by atoms with Gasteiger partial charge < -0.3 is 21.2 Å². The molecule has 1 heterocycles. The van der Waals surface area contributed by atoms with Crippen LogP contribution in [0.2, 0.25) is 0 Å². The Balaban J connectivity index is 2.39. The van der Waals surface area contributed by atoms with Crippen LogP contribution in [0.3, 0.4) is 0 Å². The molecule has 0 unspecified atom stereocenters. The van der Waals surface area contributed by atoms with Gasteiger partial charge in [-0.15, -0.1) is 0 Å². The predicted molar refractivity (Wildman–Crippen MR) is 118 cm³/mol. The second kappa shape index (κ2) is 9.93. The number of thioether (sulfide) groups is 1. The number of nitrogens with one attached hydrogen (secondary N) is 1. The zero-order valence-corrected chi connectivity index (χ0v) is 18.1. The second-order valence-corrected chi connectivity index (χ2v) is 8.57. The van der Waals surface area contributed by atoms with E-state index in [0.717, 1.165) is 5.75 Å². The molecule has 29 heavy (non-hydrogen) atoms. The Kier molecular flexibility index (Phi) is 7.87. The van der Waals surface area contributed by atoms with Crippen molar-refractivity contribution >= 4 is 40.1 Å². The summed E-state index contributed by atoms with van der Waals surface area (Å²) < 4.78 is 5.34. The number of nitrogens with two attached hydrogens (primary N) is 2. The summed E-state index contributed by atoms with van der Waals surface area (Å²) in [7, 11) is 0. The highest BCUT2D eigenvalue weighted by Crippen LogP contribution is 2.23. The number of aryl methyl sites for hydroxylation is 1. The van der Waals surface area contributed by atoms with Crippen molar-refractivity contribution < 1.29 is 14.0 Å². The third-order valence-electron chi connectivity index (χ3n) is 4.75. The summed E-state index contributed by atoms with van der Waals surface area (Å²) in [5.41, 5.74) is 12.2. The van der Waals surface area contributed by atoms with Gasteiger partial charge in [-0.05, 0) is 55.4 Å². The zero-order chi connectivity index (χ0) is 21.7. The number of hydrogen-bond acceptors (Lipinski definition) is 7. The summed E-state index contributed by atoms with van der Waals surface area (Å²) in [5, 5.41) is 3.38. The average molecular weight is 420 g/mol. The van der Waals surface area contributed by atoms with Gasteiger partial charge in [-0.2, -0.15) is 11.8 Å². The van der Waals surface area contributed by atoms with Crippen molar-refractivity contribution in [3.63, 3.8) is 0 Å². The maximum absolute atomic E-state index is 13.3. The van der Waals surface area contributed by atoms with E-state index >= 15 is 0 Å². The van der Waals surface area contributed by atoms with Crippen molar-refractivity contribution in [2.75, 3.05) is 17.7 Å². The third kappa shape index (κ3) is 5.61. The van der Waals surface area contributed by atoms with Gasteiger partial charge in [-0.3, -0.25) is 9.59 Å². The SMILES string of the molecule is CSCC[C@H](N)C(=O)N[C@@H](CC(C)C)C(=O)c1c(C)c2ccc(N)cc2oc1=O. The molecule has 0 saturated heterocycles. The number of benzene rings is 1. The summed E-state index contributed by atoms with van der Waals surface area (Å²) >= 11 is 1.60. The summed E-state index contributed by atoms with van der Waals surface area (Å²) in [6.45, 7) is 5.58. The summed E-state index contributed by atoms with van der Waals surface area (Å²) in [4.78, 5) is 38.3. The quantitative estimate of drug-likeness (QED) is 0.323. The van der Waals surface area contributed by atoms with E-state index in [0.29, 0.717) is 35.1 Å².